The van der Waals surface area contributed by atoms with Crippen molar-refractivity contribution in [1.82, 2.24) is 9.80 Å². The molecule has 198 valence electrons. The van der Waals surface area contributed by atoms with Crippen molar-refractivity contribution in [2.45, 2.75) is 66.0 Å². The first-order valence-electron chi connectivity index (χ1n) is 12.9. The van der Waals surface area contributed by atoms with Gasteiger partial charge in [0.05, 0.1) is 12.8 Å². The van der Waals surface area contributed by atoms with Gasteiger partial charge in [-0.05, 0) is 59.2 Å². The summed E-state index contributed by atoms with van der Waals surface area (Å²) in [6, 6.07) is 15.4. The number of anilines is 1. The molecule has 6 nitrogen and oxygen atoms in total. The van der Waals surface area contributed by atoms with E-state index in [0.717, 1.165) is 22.4 Å². The zero-order valence-electron chi connectivity index (χ0n) is 22.5. The largest absolute Gasteiger partial charge is 0.467 e. The van der Waals surface area contributed by atoms with Gasteiger partial charge in [-0.15, -0.1) is 0 Å². The Balaban J connectivity index is 1.82. The third-order valence-electron chi connectivity index (χ3n) is 6.28. The Kier molecular flexibility index (Phi) is 9.89. The molecule has 0 bridgehead atoms. The predicted octanol–water partition coefficient (Wildman–Crippen LogP) is 7.14. The normalized spacial score (nSPS) is 11.1. The van der Waals surface area contributed by atoms with Crippen molar-refractivity contribution in [3.8, 4) is 0 Å². The van der Waals surface area contributed by atoms with E-state index in [1.807, 2.05) is 25.1 Å². The first-order chi connectivity index (χ1) is 17.7. The summed E-state index contributed by atoms with van der Waals surface area (Å²) in [5, 5.41) is 3.13. The number of furan rings is 1. The van der Waals surface area contributed by atoms with Crippen LogP contribution in [0.1, 0.15) is 75.3 Å². The van der Waals surface area contributed by atoms with Crippen LogP contribution in [0.2, 0.25) is 0 Å². The summed E-state index contributed by atoms with van der Waals surface area (Å²) < 4.78 is 18.9. The van der Waals surface area contributed by atoms with E-state index in [1.54, 1.807) is 40.3 Å². The fourth-order valence-corrected chi connectivity index (χ4v) is 4.30. The summed E-state index contributed by atoms with van der Waals surface area (Å²) in [6.07, 6.45) is 2.27. The number of halogens is 1. The van der Waals surface area contributed by atoms with E-state index in [9.17, 15) is 14.0 Å². The Labute approximate surface area is 219 Å². The van der Waals surface area contributed by atoms with Crippen LogP contribution in [0.3, 0.4) is 0 Å². The number of nitrogens with zero attached hydrogens (tertiary/aromatic N) is 2. The van der Waals surface area contributed by atoms with Crippen LogP contribution in [0.15, 0.2) is 65.3 Å². The summed E-state index contributed by atoms with van der Waals surface area (Å²) in [7, 11) is 0. The SMILES string of the molecule is CCCN(CC(=O)N(Cc1ccc(F)cc1)Cc1ccco1)C(=O)Nc1c(C(C)C)cccc1C(C)C. The lowest BCUT2D eigenvalue weighted by Gasteiger charge is -2.28. The minimum atomic E-state index is -0.333. The van der Waals surface area contributed by atoms with Crippen molar-refractivity contribution in [3.05, 3.63) is 89.1 Å². The van der Waals surface area contributed by atoms with Crippen molar-refractivity contribution in [1.29, 1.82) is 0 Å². The molecule has 1 aromatic heterocycles. The van der Waals surface area contributed by atoms with Gasteiger partial charge in [-0.25, -0.2) is 9.18 Å². The lowest BCUT2D eigenvalue weighted by Crippen LogP contribution is -2.44. The molecule has 1 N–H and O–H groups in total. The second kappa shape index (κ2) is 13.1. The maximum atomic E-state index is 13.5. The lowest BCUT2D eigenvalue weighted by molar-refractivity contribution is -0.133. The van der Waals surface area contributed by atoms with Crippen LogP contribution < -0.4 is 5.32 Å². The fourth-order valence-electron chi connectivity index (χ4n) is 4.30. The summed E-state index contributed by atoms with van der Waals surface area (Å²) >= 11 is 0. The number of amides is 3. The van der Waals surface area contributed by atoms with Crippen LogP contribution >= 0.6 is 0 Å². The Bertz CT molecular complexity index is 1130. The maximum absolute atomic E-state index is 13.5. The second-order valence-electron chi connectivity index (χ2n) is 9.93. The first-order valence-corrected chi connectivity index (χ1v) is 12.9. The topological polar surface area (TPSA) is 65.8 Å². The van der Waals surface area contributed by atoms with Crippen molar-refractivity contribution < 1.29 is 18.4 Å². The smallest absolute Gasteiger partial charge is 0.322 e. The molecule has 0 fully saturated rings. The number of hydrogen-bond acceptors (Lipinski definition) is 3. The molecule has 1 heterocycles. The van der Waals surface area contributed by atoms with Crippen LogP contribution in [0.4, 0.5) is 14.9 Å². The molecule has 3 amide bonds. The van der Waals surface area contributed by atoms with Gasteiger partial charge >= 0.3 is 6.03 Å². The highest BCUT2D eigenvalue weighted by atomic mass is 19.1. The molecule has 7 heteroatoms. The molecule has 0 aliphatic heterocycles. The van der Waals surface area contributed by atoms with Gasteiger partial charge in [0.2, 0.25) is 5.91 Å². The van der Waals surface area contributed by atoms with Crippen LogP contribution in [-0.4, -0.2) is 34.8 Å². The number of para-hydroxylation sites is 1. The standard InChI is InChI=1S/C30H38FN3O3/c1-6-16-33(30(36)32-29-26(21(2)3)10-7-11-27(29)22(4)5)20-28(35)34(19-25-9-8-17-37-25)18-23-12-14-24(31)15-13-23/h7-15,17,21-22H,6,16,18-20H2,1-5H3,(H,32,36). The molecule has 0 saturated carbocycles. The van der Waals surface area contributed by atoms with Gasteiger partial charge in [0.15, 0.2) is 0 Å². The van der Waals surface area contributed by atoms with Crippen molar-refractivity contribution >= 4 is 17.6 Å². The zero-order valence-corrected chi connectivity index (χ0v) is 22.5. The zero-order chi connectivity index (χ0) is 26.9. The average Bonchev–Trinajstić information content (AvgIpc) is 3.37. The number of carbonyl (C=O) groups is 2. The molecule has 3 rings (SSSR count). The van der Waals surface area contributed by atoms with E-state index >= 15 is 0 Å². The van der Waals surface area contributed by atoms with Crippen LogP contribution in [0, 0.1) is 5.82 Å². The highest BCUT2D eigenvalue weighted by Crippen LogP contribution is 2.32. The molecule has 0 aliphatic rings. The van der Waals surface area contributed by atoms with Gasteiger partial charge in [0, 0.05) is 18.8 Å². The Hall–Kier alpha value is -3.61. The third-order valence-corrected chi connectivity index (χ3v) is 6.28. The molecule has 2 aromatic carbocycles. The molecule has 3 aromatic rings. The highest BCUT2D eigenvalue weighted by molar-refractivity contribution is 5.94. The summed E-state index contributed by atoms with van der Waals surface area (Å²) in [5.41, 5.74) is 3.75. The average molecular weight is 508 g/mol. The molecular weight excluding hydrogens is 469 g/mol. The summed E-state index contributed by atoms with van der Waals surface area (Å²) in [5.74, 6) is 0.547. The van der Waals surface area contributed by atoms with Gasteiger partial charge in [0.25, 0.3) is 0 Å². The Morgan fingerprint density at radius 1 is 0.892 bits per heavy atom. The quantitative estimate of drug-likeness (QED) is 0.300. The monoisotopic (exact) mass is 507 g/mol. The Morgan fingerprint density at radius 2 is 1.54 bits per heavy atom. The first kappa shape index (κ1) is 28.0. The summed E-state index contributed by atoms with van der Waals surface area (Å²) in [4.78, 5) is 30.2. The number of nitrogens with one attached hydrogen (secondary N) is 1. The molecular formula is C30H38FN3O3. The van der Waals surface area contributed by atoms with Crippen molar-refractivity contribution in [3.63, 3.8) is 0 Å². The molecule has 0 atom stereocenters. The highest BCUT2D eigenvalue weighted by Gasteiger charge is 2.24. The number of hydrogen-bond donors (Lipinski definition) is 1. The molecule has 37 heavy (non-hydrogen) atoms. The lowest BCUT2D eigenvalue weighted by atomic mass is 9.93. The van der Waals surface area contributed by atoms with Crippen molar-refractivity contribution in [2.24, 2.45) is 0 Å². The third kappa shape index (κ3) is 7.68. The predicted molar refractivity (Wildman–Crippen MR) is 145 cm³/mol. The minimum Gasteiger partial charge on any atom is -0.467 e. The van der Waals surface area contributed by atoms with E-state index in [1.165, 1.54) is 12.1 Å². The van der Waals surface area contributed by atoms with E-state index in [4.69, 9.17) is 4.42 Å². The van der Waals surface area contributed by atoms with Gasteiger partial charge in [-0.3, -0.25) is 4.79 Å². The van der Waals surface area contributed by atoms with E-state index in [-0.39, 0.29) is 49.2 Å². The Morgan fingerprint density at radius 3 is 2.08 bits per heavy atom. The number of urea groups is 1. The fraction of sp³-hybridized carbons (Fsp3) is 0.400. The molecule has 0 saturated heterocycles. The van der Waals surface area contributed by atoms with E-state index in [0.29, 0.717) is 18.7 Å². The van der Waals surface area contributed by atoms with E-state index < -0.39 is 0 Å². The van der Waals surface area contributed by atoms with Gasteiger partial charge < -0.3 is 19.5 Å². The van der Waals surface area contributed by atoms with E-state index in [2.05, 4.69) is 33.0 Å². The van der Waals surface area contributed by atoms with Crippen LogP contribution in [-0.2, 0) is 17.9 Å². The van der Waals surface area contributed by atoms with Gasteiger partial charge in [0.1, 0.15) is 18.1 Å². The second-order valence-corrected chi connectivity index (χ2v) is 9.93. The van der Waals surface area contributed by atoms with Gasteiger partial charge in [-0.2, -0.15) is 0 Å². The summed E-state index contributed by atoms with van der Waals surface area (Å²) in [6.45, 7) is 11.3. The molecule has 0 radical (unpaired) electrons. The maximum Gasteiger partial charge on any atom is 0.322 e. The van der Waals surface area contributed by atoms with Crippen molar-refractivity contribution in [2.75, 3.05) is 18.4 Å². The number of benzene rings is 2. The minimum absolute atomic E-state index is 0.0809. The molecule has 0 aliphatic carbocycles. The number of carbonyl (C=O) groups excluding carboxylic acids is 2. The van der Waals surface area contributed by atoms with Crippen LogP contribution in [0.5, 0.6) is 0 Å². The van der Waals surface area contributed by atoms with Crippen LogP contribution in [0.25, 0.3) is 0 Å². The van der Waals surface area contributed by atoms with Gasteiger partial charge in [-0.1, -0.05) is 65.0 Å². The molecule has 0 unspecified atom stereocenters. The molecule has 0 spiro atoms. The number of rotatable bonds is 11.